The van der Waals surface area contributed by atoms with Gasteiger partial charge in [0.1, 0.15) is 0 Å². The lowest BCUT2D eigenvalue weighted by Crippen LogP contribution is -2.33. The Hall–Kier alpha value is -1.23. The van der Waals surface area contributed by atoms with Gasteiger partial charge in [-0.25, -0.2) is 0 Å². The highest BCUT2D eigenvalue weighted by atomic mass is 127. The molecule has 0 saturated heterocycles. The molecular formula is C15H23F3IN3O2. The van der Waals surface area contributed by atoms with Gasteiger partial charge >= 0.3 is 6.36 Å². The molecule has 1 aromatic carbocycles. The third kappa shape index (κ3) is 8.04. The third-order valence-corrected chi connectivity index (χ3v) is 3.05. The zero-order chi connectivity index (χ0) is 17.7. The van der Waals surface area contributed by atoms with Gasteiger partial charge in [-0.3, -0.25) is 4.99 Å². The standard InChI is InChI=1S/C15H22F3N3O2.HI/c1-14(2,3)12(22-4)9-20-13(19)21-10-7-5-6-8-11(10)23-15(16,17)18;/h5-8,12H,9H2,1-4H3,(H3,19,20,21);1H. The van der Waals surface area contributed by atoms with E-state index < -0.39 is 6.36 Å². The molecule has 0 aliphatic heterocycles. The molecule has 0 spiro atoms. The number of para-hydroxylation sites is 2. The van der Waals surface area contributed by atoms with Crippen LogP contribution in [0.15, 0.2) is 29.3 Å². The number of benzene rings is 1. The molecule has 1 aromatic rings. The molecule has 3 N–H and O–H groups in total. The molecule has 0 fully saturated rings. The van der Waals surface area contributed by atoms with Crippen LogP contribution < -0.4 is 15.8 Å². The van der Waals surface area contributed by atoms with Crippen molar-refractivity contribution in [1.82, 2.24) is 0 Å². The minimum atomic E-state index is -4.78. The van der Waals surface area contributed by atoms with Crippen molar-refractivity contribution >= 4 is 35.6 Å². The van der Waals surface area contributed by atoms with E-state index in [1.54, 1.807) is 13.2 Å². The topological polar surface area (TPSA) is 68.9 Å². The van der Waals surface area contributed by atoms with Crippen molar-refractivity contribution < 1.29 is 22.6 Å². The quantitative estimate of drug-likeness (QED) is 0.396. The van der Waals surface area contributed by atoms with Gasteiger partial charge in [-0.1, -0.05) is 32.9 Å². The van der Waals surface area contributed by atoms with Crippen LogP contribution >= 0.6 is 24.0 Å². The summed E-state index contributed by atoms with van der Waals surface area (Å²) in [7, 11) is 1.57. The normalized spacial score (nSPS) is 13.9. The maximum absolute atomic E-state index is 12.4. The summed E-state index contributed by atoms with van der Waals surface area (Å²) in [6.45, 7) is 6.26. The average Bonchev–Trinajstić information content (AvgIpc) is 2.38. The Balaban J connectivity index is 0.00000529. The highest BCUT2D eigenvalue weighted by molar-refractivity contribution is 14.0. The molecule has 0 heterocycles. The number of methoxy groups -OCH3 is 1. The third-order valence-electron chi connectivity index (χ3n) is 3.05. The van der Waals surface area contributed by atoms with Crippen molar-refractivity contribution in [2.45, 2.75) is 33.2 Å². The van der Waals surface area contributed by atoms with Gasteiger partial charge in [-0.05, 0) is 17.5 Å². The molecule has 0 aliphatic rings. The van der Waals surface area contributed by atoms with Crippen molar-refractivity contribution in [1.29, 1.82) is 0 Å². The Morgan fingerprint density at radius 3 is 2.33 bits per heavy atom. The van der Waals surface area contributed by atoms with Gasteiger partial charge in [0.25, 0.3) is 0 Å². The lowest BCUT2D eigenvalue weighted by atomic mass is 9.89. The van der Waals surface area contributed by atoms with E-state index in [0.717, 1.165) is 0 Å². The summed E-state index contributed by atoms with van der Waals surface area (Å²) in [5.41, 5.74) is 5.67. The predicted molar refractivity (Wildman–Crippen MR) is 98.9 cm³/mol. The Bertz CT molecular complexity index is 546. The zero-order valence-electron chi connectivity index (χ0n) is 14.0. The van der Waals surface area contributed by atoms with E-state index in [1.807, 2.05) is 20.8 Å². The highest BCUT2D eigenvalue weighted by Gasteiger charge is 2.32. The number of ether oxygens (including phenoxy) is 2. The Kier molecular flexibility index (Phi) is 8.83. The maximum Gasteiger partial charge on any atom is 0.573 e. The molecule has 1 unspecified atom stereocenters. The fourth-order valence-electron chi connectivity index (χ4n) is 1.84. The molecule has 0 amide bonds. The summed E-state index contributed by atoms with van der Waals surface area (Å²) < 4.78 is 46.4. The first-order valence-corrected chi connectivity index (χ1v) is 6.97. The van der Waals surface area contributed by atoms with Gasteiger partial charge in [0, 0.05) is 7.11 Å². The summed E-state index contributed by atoms with van der Waals surface area (Å²) >= 11 is 0. The van der Waals surface area contributed by atoms with Gasteiger partial charge in [0.05, 0.1) is 18.3 Å². The first-order chi connectivity index (χ1) is 10.5. The maximum atomic E-state index is 12.4. The van der Waals surface area contributed by atoms with Crippen molar-refractivity contribution in [3.05, 3.63) is 24.3 Å². The number of rotatable bonds is 5. The number of halogens is 4. The molecule has 0 saturated carbocycles. The van der Waals surface area contributed by atoms with Gasteiger partial charge in [0.2, 0.25) is 0 Å². The fraction of sp³-hybridized carbons (Fsp3) is 0.533. The van der Waals surface area contributed by atoms with E-state index in [9.17, 15) is 13.2 Å². The van der Waals surface area contributed by atoms with Crippen LogP contribution in [0.1, 0.15) is 20.8 Å². The molecule has 1 atom stereocenters. The second-order valence-electron chi connectivity index (χ2n) is 5.99. The largest absolute Gasteiger partial charge is 0.573 e. The van der Waals surface area contributed by atoms with E-state index in [1.165, 1.54) is 18.2 Å². The van der Waals surface area contributed by atoms with E-state index in [-0.39, 0.29) is 59.4 Å². The Labute approximate surface area is 156 Å². The van der Waals surface area contributed by atoms with Gasteiger partial charge in [-0.15, -0.1) is 37.1 Å². The molecule has 138 valence electrons. The number of anilines is 1. The van der Waals surface area contributed by atoms with Gasteiger partial charge < -0.3 is 20.5 Å². The summed E-state index contributed by atoms with van der Waals surface area (Å²) in [5.74, 6) is -0.396. The molecule has 5 nitrogen and oxygen atoms in total. The minimum Gasteiger partial charge on any atom is -0.404 e. The lowest BCUT2D eigenvalue weighted by molar-refractivity contribution is -0.274. The smallest absolute Gasteiger partial charge is 0.404 e. The molecule has 0 radical (unpaired) electrons. The first-order valence-electron chi connectivity index (χ1n) is 6.97. The number of nitrogens with one attached hydrogen (secondary N) is 1. The fourth-order valence-corrected chi connectivity index (χ4v) is 1.84. The van der Waals surface area contributed by atoms with Crippen LogP contribution in [0.5, 0.6) is 5.75 Å². The molecule has 9 heteroatoms. The monoisotopic (exact) mass is 461 g/mol. The second-order valence-corrected chi connectivity index (χ2v) is 5.99. The summed E-state index contributed by atoms with van der Waals surface area (Å²) in [5, 5.41) is 2.61. The molecule has 0 aliphatic carbocycles. The molecule has 24 heavy (non-hydrogen) atoms. The molecule has 0 bridgehead atoms. The molecule has 1 rings (SSSR count). The summed E-state index contributed by atoms with van der Waals surface area (Å²) in [4.78, 5) is 4.12. The van der Waals surface area contributed by atoms with Crippen molar-refractivity contribution in [3.63, 3.8) is 0 Å². The van der Waals surface area contributed by atoms with Crippen molar-refractivity contribution in [2.24, 2.45) is 16.1 Å². The van der Waals surface area contributed by atoms with Gasteiger partial charge in [0.15, 0.2) is 11.7 Å². The first kappa shape index (κ1) is 22.8. The average molecular weight is 461 g/mol. The minimum absolute atomic E-state index is 0. The Morgan fingerprint density at radius 1 is 1.25 bits per heavy atom. The predicted octanol–water partition coefficient (Wildman–Crippen LogP) is 3.99. The highest BCUT2D eigenvalue weighted by Crippen LogP contribution is 2.29. The summed E-state index contributed by atoms with van der Waals surface area (Å²) in [6.07, 6.45) is -4.96. The summed E-state index contributed by atoms with van der Waals surface area (Å²) in [6, 6.07) is 5.60. The molecular weight excluding hydrogens is 438 g/mol. The van der Waals surface area contributed by atoms with Crippen LogP contribution in [-0.4, -0.2) is 32.1 Å². The van der Waals surface area contributed by atoms with E-state index in [4.69, 9.17) is 10.5 Å². The number of alkyl halides is 3. The van der Waals surface area contributed by atoms with Crippen LogP contribution in [0, 0.1) is 5.41 Å². The van der Waals surface area contributed by atoms with Crippen LogP contribution in [-0.2, 0) is 4.74 Å². The number of nitrogens with two attached hydrogens (primary N) is 1. The van der Waals surface area contributed by atoms with E-state index in [0.29, 0.717) is 0 Å². The van der Waals surface area contributed by atoms with Crippen LogP contribution in [0.4, 0.5) is 18.9 Å². The zero-order valence-corrected chi connectivity index (χ0v) is 16.3. The SMILES string of the molecule is COC(CN=C(N)Nc1ccccc1OC(F)(F)F)C(C)(C)C.I. The van der Waals surface area contributed by atoms with Crippen LogP contribution in [0.2, 0.25) is 0 Å². The van der Waals surface area contributed by atoms with Crippen LogP contribution in [0.25, 0.3) is 0 Å². The lowest BCUT2D eigenvalue weighted by Gasteiger charge is -2.28. The second kappa shape index (κ2) is 9.30. The van der Waals surface area contributed by atoms with Crippen molar-refractivity contribution in [2.75, 3.05) is 19.0 Å². The number of guanidine groups is 1. The number of hydrogen-bond donors (Lipinski definition) is 2. The van der Waals surface area contributed by atoms with Crippen molar-refractivity contribution in [3.8, 4) is 5.75 Å². The number of hydrogen-bond acceptors (Lipinski definition) is 3. The van der Waals surface area contributed by atoms with Crippen LogP contribution in [0.3, 0.4) is 0 Å². The number of nitrogens with zero attached hydrogens (tertiary/aromatic N) is 1. The number of aliphatic imine (C=N–C) groups is 1. The van der Waals surface area contributed by atoms with E-state index >= 15 is 0 Å². The molecule has 0 aromatic heterocycles. The Morgan fingerprint density at radius 2 is 1.83 bits per heavy atom. The van der Waals surface area contributed by atoms with E-state index in [2.05, 4.69) is 15.0 Å². The van der Waals surface area contributed by atoms with Gasteiger partial charge in [-0.2, -0.15) is 0 Å².